The first kappa shape index (κ1) is 19.6. The minimum absolute atomic E-state index is 0.117. The minimum atomic E-state index is 0.117. The summed E-state index contributed by atoms with van der Waals surface area (Å²) < 4.78 is 1.06. The highest BCUT2D eigenvalue weighted by molar-refractivity contribution is 8.00. The lowest BCUT2D eigenvalue weighted by atomic mass is 9.86. The molecule has 4 aromatic rings. The van der Waals surface area contributed by atoms with Gasteiger partial charge >= 0.3 is 0 Å². The van der Waals surface area contributed by atoms with Crippen LogP contribution in [-0.4, -0.2) is 26.5 Å². The summed E-state index contributed by atoms with van der Waals surface area (Å²) in [7, 11) is 0. The van der Waals surface area contributed by atoms with Crippen molar-refractivity contribution in [3.8, 4) is 0 Å². The van der Waals surface area contributed by atoms with E-state index in [-0.39, 0.29) is 5.78 Å². The van der Waals surface area contributed by atoms with Crippen LogP contribution in [0.5, 0.6) is 0 Å². The molecule has 30 heavy (non-hydrogen) atoms. The summed E-state index contributed by atoms with van der Waals surface area (Å²) in [6.45, 7) is 4.46. The van der Waals surface area contributed by atoms with Gasteiger partial charge in [0.05, 0.1) is 16.0 Å². The predicted molar refractivity (Wildman–Crippen MR) is 125 cm³/mol. The molecule has 0 aliphatic heterocycles. The van der Waals surface area contributed by atoms with Crippen LogP contribution in [0.2, 0.25) is 0 Å². The van der Waals surface area contributed by atoms with E-state index in [2.05, 4.69) is 23.8 Å². The maximum Gasteiger partial charge on any atom is 0.173 e. The van der Waals surface area contributed by atoms with Crippen molar-refractivity contribution >= 4 is 49.3 Å². The summed E-state index contributed by atoms with van der Waals surface area (Å²) >= 11 is 3.17. The van der Waals surface area contributed by atoms with E-state index in [9.17, 15) is 4.79 Å². The SMILES string of the molecule is CC(C)c1nc2sc3c(SCC(=O)c4ccccc4)ncnc3c2c2c1CCCC2. The quantitative estimate of drug-likeness (QED) is 0.212. The lowest BCUT2D eigenvalue weighted by molar-refractivity contribution is 0.102. The second-order valence-corrected chi connectivity index (χ2v) is 10.00. The van der Waals surface area contributed by atoms with E-state index in [0.717, 1.165) is 38.5 Å². The van der Waals surface area contributed by atoms with Crippen molar-refractivity contribution in [2.45, 2.75) is 50.5 Å². The number of aryl methyl sites for hydroxylation is 1. The highest BCUT2D eigenvalue weighted by atomic mass is 32.2. The van der Waals surface area contributed by atoms with Gasteiger partial charge < -0.3 is 0 Å². The zero-order valence-corrected chi connectivity index (χ0v) is 18.8. The highest BCUT2D eigenvalue weighted by Gasteiger charge is 2.24. The Morgan fingerprint density at radius 3 is 2.63 bits per heavy atom. The average molecular weight is 434 g/mol. The Bertz CT molecular complexity index is 1250. The van der Waals surface area contributed by atoms with Crippen molar-refractivity contribution in [3.63, 3.8) is 0 Å². The summed E-state index contributed by atoms with van der Waals surface area (Å²) in [5.41, 5.74) is 5.86. The van der Waals surface area contributed by atoms with Gasteiger partial charge in [0.25, 0.3) is 0 Å². The molecule has 1 aromatic carbocycles. The standard InChI is InChI=1S/C24H23N3OS2/c1-14(2)20-17-11-7-6-10-16(17)19-21-22(30-23(19)27-20)24(26-13-25-21)29-12-18(28)15-8-4-3-5-9-15/h3-5,8-9,13-14H,6-7,10-12H2,1-2H3. The minimum Gasteiger partial charge on any atom is -0.293 e. The molecule has 152 valence electrons. The topological polar surface area (TPSA) is 55.7 Å². The predicted octanol–water partition coefficient (Wildman–Crippen LogP) is 6.22. The molecule has 1 aliphatic rings. The Morgan fingerprint density at radius 2 is 1.87 bits per heavy atom. The molecule has 3 aromatic heterocycles. The van der Waals surface area contributed by atoms with Crippen LogP contribution in [0.4, 0.5) is 0 Å². The Hall–Kier alpha value is -2.31. The van der Waals surface area contributed by atoms with Crippen LogP contribution in [0, 0.1) is 0 Å². The molecule has 0 spiro atoms. The van der Waals surface area contributed by atoms with Gasteiger partial charge in [-0.25, -0.2) is 15.0 Å². The van der Waals surface area contributed by atoms with Gasteiger partial charge in [-0.1, -0.05) is 55.9 Å². The van der Waals surface area contributed by atoms with Gasteiger partial charge in [-0.15, -0.1) is 11.3 Å². The van der Waals surface area contributed by atoms with Gasteiger partial charge in [-0.3, -0.25) is 4.79 Å². The maximum atomic E-state index is 12.6. The first-order chi connectivity index (χ1) is 14.6. The molecule has 0 atom stereocenters. The van der Waals surface area contributed by atoms with Gasteiger partial charge in [0.1, 0.15) is 16.2 Å². The second kappa shape index (κ2) is 8.08. The number of hydrogen-bond acceptors (Lipinski definition) is 6. The van der Waals surface area contributed by atoms with Gasteiger partial charge in [0.2, 0.25) is 0 Å². The van der Waals surface area contributed by atoms with Crippen molar-refractivity contribution < 1.29 is 4.79 Å². The highest BCUT2D eigenvalue weighted by Crippen LogP contribution is 2.42. The molecule has 0 unspecified atom stereocenters. The summed E-state index contributed by atoms with van der Waals surface area (Å²) in [6, 6.07) is 9.44. The molecule has 0 saturated heterocycles. The van der Waals surface area contributed by atoms with Crippen molar-refractivity contribution in [3.05, 3.63) is 59.0 Å². The number of benzene rings is 1. The van der Waals surface area contributed by atoms with E-state index in [4.69, 9.17) is 4.98 Å². The van der Waals surface area contributed by atoms with Crippen molar-refractivity contribution in [1.82, 2.24) is 15.0 Å². The molecular weight excluding hydrogens is 410 g/mol. The summed E-state index contributed by atoms with van der Waals surface area (Å²) in [5, 5.41) is 2.09. The van der Waals surface area contributed by atoms with E-state index >= 15 is 0 Å². The van der Waals surface area contributed by atoms with Crippen molar-refractivity contribution in [1.29, 1.82) is 0 Å². The first-order valence-electron chi connectivity index (χ1n) is 10.4. The molecule has 0 radical (unpaired) electrons. The maximum absolute atomic E-state index is 12.6. The fourth-order valence-corrected chi connectivity index (χ4v) is 6.43. The van der Waals surface area contributed by atoms with Crippen LogP contribution in [0.25, 0.3) is 20.4 Å². The van der Waals surface area contributed by atoms with Crippen molar-refractivity contribution in [2.75, 3.05) is 5.75 Å². The van der Waals surface area contributed by atoms with E-state index < -0.39 is 0 Å². The number of fused-ring (bicyclic) bond motifs is 5. The molecule has 0 N–H and O–H groups in total. The number of thiophene rings is 1. The monoisotopic (exact) mass is 433 g/mol. The molecule has 0 amide bonds. The molecule has 3 heterocycles. The average Bonchev–Trinajstić information content (AvgIpc) is 3.17. The third-order valence-electron chi connectivity index (χ3n) is 5.70. The van der Waals surface area contributed by atoms with Crippen LogP contribution in [0.3, 0.4) is 0 Å². The normalized spacial score (nSPS) is 13.8. The fourth-order valence-electron chi connectivity index (χ4n) is 4.29. The van der Waals surface area contributed by atoms with Crippen LogP contribution < -0.4 is 0 Å². The number of pyridine rings is 1. The molecule has 6 heteroatoms. The summed E-state index contributed by atoms with van der Waals surface area (Å²) in [4.78, 5) is 27.9. The zero-order valence-electron chi connectivity index (χ0n) is 17.1. The van der Waals surface area contributed by atoms with E-state index in [1.807, 2.05) is 30.3 Å². The first-order valence-corrected chi connectivity index (χ1v) is 12.2. The molecule has 0 bridgehead atoms. The Morgan fingerprint density at radius 1 is 1.10 bits per heavy atom. The van der Waals surface area contributed by atoms with Crippen molar-refractivity contribution in [2.24, 2.45) is 0 Å². The van der Waals surface area contributed by atoms with Crippen LogP contribution in [0.1, 0.15) is 59.8 Å². The van der Waals surface area contributed by atoms with E-state index in [1.54, 1.807) is 17.7 Å². The number of nitrogens with zero attached hydrogens (tertiary/aromatic N) is 3. The summed E-state index contributed by atoms with van der Waals surface area (Å²) in [6.07, 6.45) is 6.30. The summed E-state index contributed by atoms with van der Waals surface area (Å²) in [5.74, 6) is 0.897. The number of thioether (sulfide) groups is 1. The van der Waals surface area contributed by atoms with Gasteiger partial charge in [-0.05, 0) is 42.7 Å². The number of ketones is 1. The smallest absolute Gasteiger partial charge is 0.173 e. The van der Waals surface area contributed by atoms with Gasteiger partial charge in [-0.2, -0.15) is 0 Å². The number of Topliss-reactive ketones (excluding diaryl/α,β-unsaturated/α-hetero) is 1. The lowest BCUT2D eigenvalue weighted by Crippen LogP contribution is -2.10. The zero-order chi connectivity index (χ0) is 20.7. The lowest BCUT2D eigenvalue weighted by Gasteiger charge is -2.21. The van der Waals surface area contributed by atoms with Crippen LogP contribution >= 0.6 is 23.1 Å². The second-order valence-electron chi connectivity index (χ2n) is 8.03. The Kier molecular flexibility index (Phi) is 5.29. The van der Waals surface area contributed by atoms with Crippen LogP contribution in [-0.2, 0) is 12.8 Å². The van der Waals surface area contributed by atoms with Gasteiger partial charge in [0.15, 0.2) is 5.78 Å². The molecule has 5 rings (SSSR count). The number of rotatable bonds is 5. The third-order valence-corrected chi connectivity index (χ3v) is 7.90. The Balaban J connectivity index is 1.58. The molecule has 0 fully saturated rings. The molecule has 4 nitrogen and oxygen atoms in total. The largest absolute Gasteiger partial charge is 0.293 e. The van der Waals surface area contributed by atoms with E-state index in [0.29, 0.717) is 11.7 Å². The third kappa shape index (κ3) is 3.42. The number of carbonyl (C=O) groups excluding carboxylic acids is 1. The molecular formula is C24H23N3OS2. The number of aromatic nitrogens is 3. The van der Waals surface area contributed by atoms with E-state index in [1.165, 1.54) is 46.8 Å². The molecule has 0 saturated carbocycles. The van der Waals surface area contributed by atoms with Gasteiger partial charge in [0, 0.05) is 16.6 Å². The Labute approximate surface area is 184 Å². The van der Waals surface area contributed by atoms with Crippen LogP contribution in [0.15, 0.2) is 41.7 Å². The molecule has 1 aliphatic carbocycles. The fraction of sp³-hybridized carbons (Fsp3) is 0.333. The number of hydrogen-bond donors (Lipinski definition) is 0. The number of carbonyl (C=O) groups is 1.